The molecule has 8 nitrogen and oxygen atoms in total. The molecule has 26 heavy (non-hydrogen) atoms. The monoisotopic (exact) mass is 376 g/mol. The first-order valence-electron chi connectivity index (χ1n) is 7.95. The third-order valence-corrected chi connectivity index (χ3v) is 4.38. The van der Waals surface area contributed by atoms with Gasteiger partial charge in [-0.05, 0) is 36.1 Å². The van der Waals surface area contributed by atoms with Crippen molar-refractivity contribution < 1.29 is 14.5 Å². The highest BCUT2D eigenvalue weighted by atomic mass is 35.5. The molecule has 0 aliphatic heterocycles. The van der Waals surface area contributed by atoms with Crippen molar-refractivity contribution in [1.29, 1.82) is 0 Å². The second-order valence-corrected chi connectivity index (χ2v) is 6.32. The summed E-state index contributed by atoms with van der Waals surface area (Å²) < 4.78 is 5.04. The Kier molecular flexibility index (Phi) is 4.94. The number of fused-ring (bicyclic) bond motifs is 1. The molecule has 0 spiro atoms. The number of carbonyl (C=O) groups is 1. The van der Waals surface area contributed by atoms with Crippen LogP contribution in [-0.2, 0) is 11.2 Å². The van der Waals surface area contributed by atoms with Gasteiger partial charge in [-0.15, -0.1) is 0 Å². The van der Waals surface area contributed by atoms with E-state index in [0.717, 1.165) is 24.0 Å². The molecule has 0 unspecified atom stereocenters. The number of nitro groups is 1. The van der Waals surface area contributed by atoms with E-state index in [4.69, 9.17) is 16.3 Å². The second kappa shape index (κ2) is 7.17. The third kappa shape index (κ3) is 3.55. The normalized spacial score (nSPS) is 15.3. The first-order valence-corrected chi connectivity index (χ1v) is 8.32. The fourth-order valence-corrected chi connectivity index (χ4v) is 3.32. The maximum absolute atomic E-state index is 11.4. The van der Waals surface area contributed by atoms with Gasteiger partial charge in [-0.2, -0.15) is 0 Å². The Labute approximate surface area is 154 Å². The minimum atomic E-state index is -0.565. The van der Waals surface area contributed by atoms with Crippen molar-refractivity contribution in [3.63, 3.8) is 0 Å². The SMILES string of the molecule is COc1cc(Cl)nc(Nc2ccc3c(c2)CC[C@@H]3NC(C)=O)c1[N+](=O)[O-]. The van der Waals surface area contributed by atoms with Crippen LogP contribution < -0.4 is 15.4 Å². The molecule has 9 heteroatoms. The van der Waals surface area contributed by atoms with Crippen molar-refractivity contribution in [2.75, 3.05) is 12.4 Å². The maximum atomic E-state index is 11.4. The number of nitrogens with one attached hydrogen (secondary N) is 2. The Morgan fingerprint density at radius 2 is 2.19 bits per heavy atom. The highest BCUT2D eigenvalue weighted by Gasteiger charge is 2.26. The summed E-state index contributed by atoms with van der Waals surface area (Å²) in [6.45, 7) is 1.49. The number of benzene rings is 1. The lowest BCUT2D eigenvalue weighted by Crippen LogP contribution is -2.24. The number of nitrogens with zero attached hydrogens (tertiary/aromatic N) is 2. The fourth-order valence-electron chi connectivity index (χ4n) is 3.13. The van der Waals surface area contributed by atoms with E-state index in [1.165, 1.54) is 20.1 Å². The molecular weight excluding hydrogens is 360 g/mol. The first kappa shape index (κ1) is 17.9. The van der Waals surface area contributed by atoms with E-state index >= 15 is 0 Å². The molecule has 2 aromatic rings. The van der Waals surface area contributed by atoms with Crippen molar-refractivity contribution in [2.45, 2.75) is 25.8 Å². The van der Waals surface area contributed by atoms with Gasteiger partial charge >= 0.3 is 5.69 Å². The third-order valence-electron chi connectivity index (χ3n) is 4.19. The molecule has 1 aromatic carbocycles. The van der Waals surface area contributed by atoms with Crippen LogP contribution in [0, 0.1) is 10.1 Å². The van der Waals surface area contributed by atoms with Crippen LogP contribution in [0.1, 0.15) is 30.5 Å². The molecule has 1 atom stereocenters. The average molecular weight is 377 g/mol. The summed E-state index contributed by atoms with van der Waals surface area (Å²) in [4.78, 5) is 26.1. The standard InChI is InChI=1S/C17H17ClN4O4/c1-9(23)19-13-6-3-10-7-11(4-5-12(10)13)20-17-16(22(24)25)14(26-2)8-15(18)21-17/h4-5,7-8,13H,3,6H2,1-2H3,(H,19,23)(H,20,21)/t13-/m0/s1. The fraction of sp³-hybridized carbons (Fsp3) is 0.294. The molecule has 0 radical (unpaired) electrons. The van der Waals surface area contributed by atoms with E-state index in [0.29, 0.717) is 5.69 Å². The molecule has 2 N–H and O–H groups in total. The number of aryl methyl sites for hydroxylation is 1. The van der Waals surface area contributed by atoms with Crippen LogP contribution >= 0.6 is 11.6 Å². The number of hydrogen-bond donors (Lipinski definition) is 2. The summed E-state index contributed by atoms with van der Waals surface area (Å²) in [6.07, 6.45) is 1.63. The van der Waals surface area contributed by atoms with Crippen LogP contribution in [0.2, 0.25) is 5.15 Å². The Hall–Kier alpha value is -2.87. The van der Waals surface area contributed by atoms with Gasteiger partial charge in [0.2, 0.25) is 17.5 Å². The predicted octanol–water partition coefficient (Wildman–Crippen LogP) is 3.52. The molecule has 136 valence electrons. The van der Waals surface area contributed by atoms with Gasteiger partial charge in [0.15, 0.2) is 0 Å². The lowest BCUT2D eigenvalue weighted by Gasteiger charge is -2.14. The highest BCUT2D eigenvalue weighted by Crippen LogP contribution is 2.38. The van der Waals surface area contributed by atoms with Crippen LogP contribution in [0.5, 0.6) is 5.75 Å². The van der Waals surface area contributed by atoms with E-state index in [9.17, 15) is 14.9 Å². The minimum absolute atomic E-state index is 0.00438. The number of amides is 1. The smallest absolute Gasteiger partial charge is 0.353 e. The van der Waals surface area contributed by atoms with Gasteiger partial charge in [-0.3, -0.25) is 14.9 Å². The summed E-state index contributed by atoms with van der Waals surface area (Å²) in [7, 11) is 1.33. The molecule has 0 saturated carbocycles. The van der Waals surface area contributed by atoms with Crippen molar-refractivity contribution in [1.82, 2.24) is 10.3 Å². The number of hydrogen-bond acceptors (Lipinski definition) is 6. The topological polar surface area (TPSA) is 106 Å². The summed E-state index contributed by atoms with van der Waals surface area (Å²) in [5, 5.41) is 17.4. The highest BCUT2D eigenvalue weighted by molar-refractivity contribution is 6.29. The van der Waals surface area contributed by atoms with Crippen LogP contribution in [0.15, 0.2) is 24.3 Å². The van der Waals surface area contributed by atoms with E-state index in [-0.39, 0.29) is 34.4 Å². The van der Waals surface area contributed by atoms with Gasteiger partial charge in [0, 0.05) is 18.7 Å². The van der Waals surface area contributed by atoms with Gasteiger partial charge in [-0.1, -0.05) is 17.7 Å². The lowest BCUT2D eigenvalue weighted by atomic mass is 10.1. The molecule has 1 heterocycles. The van der Waals surface area contributed by atoms with E-state index in [1.807, 2.05) is 12.1 Å². The van der Waals surface area contributed by atoms with Crippen LogP contribution in [0.4, 0.5) is 17.2 Å². The number of anilines is 2. The molecule has 1 amide bonds. The van der Waals surface area contributed by atoms with Crippen molar-refractivity contribution in [2.24, 2.45) is 0 Å². The van der Waals surface area contributed by atoms with Crippen LogP contribution in [-0.4, -0.2) is 22.9 Å². The van der Waals surface area contributed by atoms with Crippen LogP contribution in [0.25, 0.3) is 0 Å². The summed E-state index contributed by atoms with van der Waals surface area (Å²) in [6, 6.07) is 6.88. The summed E-state index contributed by atoms with van der Waals surface area (Å²) in [5.41, 5.74) is 2.49. The number of ether oxygens (including phenoxy) is 1. The Bertz CT molecular complexity index is 887. The number of aromatic nitrogens is 1. The average Bonchev–Trinajstić information content (AvgIpc) is 2.95. The van der Waals surface area contributed by atoms with E-state index < -0.39 is 4.92 Å². The number of methoxy groups -OCH3 is 1. The molecule has 0 bridgehead atoms. The Morgan fingerprint density at radius 3 is 2.85 bits per heavy atom. The minimum Gasteiger partial charge on any atom is -0.490 e. The number of rotatable bonds is 5. The zero-order chi connectivity index (χ0) is 18.8. The van der Waals surface area contributed by atoms with Gasteiger partial charge in [0.05, 0.1) is 18.1 Å². The number of halogens is 1. The van der Waals surface area contributed by atoms with Gasteiger partial charge in [0.1, 0.15) is 5.15 Å². The largest absolute Gasteiger partial charge is 0.490 e. The zero-order valence-corrected chi connectivity index (χ0v) is 15.0. The van der Waals surface area contributed by atoms with Gasteiger partial charge in [0.25, 0.3) is 0 Å². The van der Waals surface area contributed by atoms with Crippen molar-refractivity contribution in [3.05, 3.63) is 50.7 Å². The number of carbonyl (C=O) groups excluding carboxylic acids is 1. The zero-order valence-electron chi connectivity index (χ0n) is 14.2. The van der Waals surface area contributed by atoms with Gasteiger partial charge in [-0.25, -0.2) is 4.98 Å². The maximum Gasteiger partial charge on any atom is 0.353 e. The van der Waals surface area contributed by atoms with Crippen molar-refractivity contribution in [3.8, 4) is 5.75 Å². The Morgan fingerprint density at radius 1 is 1.42 bits per heavy atom. The summed E-state index contributed by atoms with van der Waals surface area (Å²) in [5.74, 6) is -0.0315. The summed E-state index contributed by atoms with van der Waals surface area (Å²) >= 11 is 5.94. The first-order chi connectivity index (χ1) is 12.4. The molecule has 0 fully saturated rings. The molecule has 1 aromatic heterocycles. The molecule has 3 rings (SSSR count). The molecule has 1 aliphatic carbocycles. The van der Waals surface area contributed by atoms with Gasteiger partial charge < -0.3 is 15.4 Å². The molecular formula is C17H17ClN4O4. The predicted molar refractivity (Wildman–Crippen MR) is 97.1 cm³/mol. The lowest BCUT2D eigenvalue weighted by molar-refractivity contribution is -0.385. The molecule has 1 aliphatic rings. The second-order valence-electron chi connectivity index (χ2n) is 5.93. The van der Waals surface area contributed by atoms with Crippen LogP contribution in [0.3, 0.4) is 0 Å². The quantitative estimate of drug-likeness (QED) is 0.469. The van der Waals surface area contributed by atoms with E-state index in [2.05, 4.69) is 15.6 Å². The molecule has 0 saturated heterocycles. The number of pyridine rings is 1. The van der Waals surface area contributed by atoms with Crippen molar-refractivity contribution >= 4 is 34.7 Å². The Balaban J connectivity index is 1.92. The van der Waals surface area contributed by atoms with E-state index in [1.54, 1.807) is 6.07 Å².